The maximum Gasteiger partial charge on any atom is 0.127 e. The van der Waals surface area contributed by atoms with Gasteiger partial charge in [0.1, 0.15) is 11.5 Å². The second kappa shape index (κ2) is 6.33. The molecular formula is C17H21NO2. The van der Waals surface area contributed by atoms with Crippen LogP contribution in [0.2, 0.25) is 0 Å². The molecular weight excluding hydrogens is 250 g/mol. The van der Waals surface area contributed by atoms with Crippen LogP contribution >= 0.6 is 0 Å². The maximum atomic E-state index is 5.41. The summed E-state index contributed by atoms with van der Waals surface area (Å²) in [6.45, 7) is 4.92. The largest absolute Gasteiger partial charge is 0.497 e. The van der Waals surface area contributed by atoms with Crippen LogP contribution < -0.4 is 14.8 Å². The number of anilines is 1. The number of benzene rings is 2. The Kier molecular flexibility index (Phi) is 4.51. The number of hydrogen-bond acceptors (Lipinski definition) is 3. The fourth-order valence-electron chi connectivity index (χ4n) is 2.11. The molecule has 0 saturated heterocycles. The Bertz CT molecular complexity index is 594. The molecule has 20 heavy (non-hydrogen) atoms. The van der Waals surface area contributed by atoms with E-state index < -0.39 is 0 Å². The lowest BCUT2D eigenvalue weighted by molar-refractivity contribution is 0.391. The van der Waals surface area contributed by atoms with Crippen LogP contribution in [0.5, 0.6) is 11.5 Å². The molecule has 106 valence electrons. The molecule has 0 aliphatic heterocycles. The molecule has 0 aromatic heterocycles. The topological polar surface area (TPSA) is 30.5 Å². The highest BCUT2D eigenvalue weighted by Crippen LogP contribution is 2.26. The minimum absolute atomic E-state index is 0.720. The zero-order valence-corrected chi connectivity index (χ0v) is 12.5. The van der Waals surface area contributed by atoms with Crippen LogP contribution in [0.3, 0.4) is 0 Å². The number of hydrogen-bond donors (Lipinski definition) is 1. The first-order chi connectivity index (χ1) is 9.63. The standard InChI is InChI=1S/C17H21NO2/c1-12-5-6-13(2)16(9-12)18-11-14-7-8-15(19-3)10-17(14)20-4/h5-10,18H,11H2,1-4H3. The van der Waals surface area contributed by atoms with Crippen LogP contribution in [-0.4, -0.2) is 14.2 Å². The van der Waals surface area contributed by atoms with Gasteiger partial charge in [-0.15, -0.1) is 0 Å². The lowest BCUT2D eigenvalue weighted by atomic mass is 10.1. The molecule has 2 rings (SSSR count). The number of ether oxygens (including phenoxy) is 2. The van der Waals surface area contributed by atoms with Crippen molar-refractivity contribution in [3.8, 4) is 11.5 Å². The third-order valence-electron chi connectivity index (χ3n) is 3.36. The highest BCUT2D eigenvalue weighted by molar-refractivity contribution is 5.53. The molecule has 0 bridgehead atoms. The molecule has 0 fully saturated rings. The summed E-state index contributed by atoms with van der Waals surface area (Å²) in [4.78, 5) is 0. The quantitative estimate of drug-likeness (QED) is 0.893. The van der Waals surface area contributed by atoms with Crippen molar-refractivity contribution in [1.82, 2.24) is 0 Å². The predicted molar refractivity (Wildman–Crippen MR) is 82.8 cm³/mol. The summed E-state index contributed by atoms with van der Waals surface area (Å²) < 4.78 is 10.6. The van der Waals surface area contributed by atoms with E-state index in [1.54, 1.807) is 14.2 Å². The minimum atomic E-state index is 0.720. The zero-order valence-electron chi connectivity index (χ0n) is 12.5. The third kappa shape index (κ3) is 3.23. The highest BCUT2D eigenvalue weighted by Gasteiger charge is 2.06. The molecule has 0 atom stereocenters. The van der Waals surface area contributed by atoms with E-state index in [2.05, 4.69) is 37.4 Å². The molecule has 0 aliphatic carbocycles. The normalized spacial score (nSPS) is 10.2. The van der Waals surface area contributed by atoms with Crippen LogP contribution in [0.25, 0.3) is 0 Å². The monoisotopic (exact) mass is 271 g/mol. The summed E-state index contributed by atoms with van der Waals surface area (Å²) in [5.74, 6) is 1.64. The van der Waals surface area contributed by atoms with E-state index >= 15 is 0 Å². The van der Waals surface area contributed by atoms with Gasteiger partial charge in [0.05, 0.1) is 14.2 Å². The molecule has 0 aliphatic rings. The van der Waals surface area contributed by atoms with Gasteiger partial charge in [0.2, 0.25) is 0 Å². The van der Waals surface area contributed by atoms with E-state index in [1.165, 1.54) is 11.1 Å². The Labute approximate surface area is 120 Å². The van der Waals surface area contributed by atoms with Crippen molar-refractivity contribution in [1.29, 1.82) is 0 Å². The van der Waals surface area contributed by atoms with Gasteiger partial charge in [-0.1, -0.05) is 12.1 Å². The molecule has 0 spiro atoms. The van der Waals surface area contributed by atoms with Gasteiger partial charge in [-0.2, -0.15) is 0 Å². The van der Waals surface area contributed by atoms with Gasteiger partial charge >= 0.3 is 0 Å². The lowest BCUT2D eigenvalue weighted by Gasteiger charge is -2.14. The SMILES string of the molecule is COc1ccc(CNc2cc(C)ccc2C)c(OC)c1. The van der Waals surface area contributed by atoms with E-state index in [0.29, 0.717) is 0 Å². The first kappa shape index (κ1) is 14.3. The first-order valence-corrected chi connectivity index (χ1v) is 6.66. The molecule has 0 saturated carbocycles. The van der Waals surface area contributed by atoms with Gasteiger partial charge < -0.3 is 14.8 Å². The molecule has 0 radical (unpaired) electrons. The minimum Gasteiger partial charge on any atom is -0.497 e. The Hall–Kier alpha value is -2.16. The van der Waals surface area contributed by atoms with Gasteiger partial charge in [-0.3, -0.25) is 0 Å². The van der Waals surface area contributed by atoms with Gasteiger partial charge in [-0.05, 0) is 43.2 Å². The van der Waals surface area contributed by atoms with E-state index in [9.17, 15) is 0 Å². The fraction of sp³-hybridized carbons (Fsp3) is 0.294. The van der Waals surface area contributed by atoms with Gasteiger partial charge in [0.15, 0.2) is 0 Å². The van der Waals surface area contributed by atoms with Crippen LogP contribution in [0.4, 0.5) is 5.69 Å². The molecule has 0 heterocycles. The number of rotatable bonds is 5. The molecule has 0 unspecified atom stereocenters. The zero-order chi connectivity index (χ0) is 14.5. The Morgan fingerprint density at radius 1 is 0.950 bits per heavy atom. The van der Waals surface area contributed by atoms with E-state index in [-0.39, 0.29) is 0 Å². The first-order valence-electron chi connectivity index (χ1n) is 6.66. The maximum absolute atomic E-state index is 5.41. The van der Waals surface area contributed by atoms with Crippen molar-refractivity contribution in [3.05, 3.63) is 53.1 Å². The van der Waals surface area contributed by atoms with Crippen molar-refractivity contribution in [2.75, 3.05) is 19.5 Å². The summed E-state index contributed by atoms with van der Waals surface area (Å²) >= 11 is 0. The Balaban J connectivity index is 2.16. The molecule has 2 aromatic carbocycles. The van der Waals surface area contributed by atoms with Crippen molar-refractivity contribution >= 4 is 5.69 Å². The van der Waals surface area contributed by atoms with Crippen molar-refractivity contribution in [2.45, 2.75) is 20.4 Å². The fourth-order valence-corrected chi connectivity index (χ4v) is 2.11. The predicted octanol–water partition coefficient (Wildman–Crippen LogP) is 3.93. The summed E-state index contributed by atoms with van der Waals surface area (Å²) in [6.07, 6.45) is 0. The molecule has 3 nitrogen and oxygen atoms in total. The second-order valence-corrected chi connectivity index (χ2v) is 4.85. The molecule has 1 N–H and O–H groups in total. The highest BCUT2D eigenvalue weighted by atomic mass is 16.5. The van der Waals surface area contributed by atoms with Crippen molar-refractivity contribution in [3.63, 3.8) is 0 Å². The smallest absolute Gasteiger partial charge is 0.127 e. The summed E-state index contributed by atoms with van der Waals surface area (Å²) in [5, 5.41) is 3.46. The van der Waals surface area contributed by atoms with Gasteiger partial charge in [-0.25, -0.2) is 0 Å². The molecule has 2 aromatic rings. The summed E-state index contributed by atoms with van der Waals surface area (Å²) in [6, 6.07) is 12.3. The summed E-state index contributed by atoms with van der Waals surface area (Å²) in [7, 11) is 3.33. The third-order valence-corrected chi connectivity index (χ3v) is 3.36. The second-order valence-electron chi connectivity index (χ2n) is 4.85. The number of aryl methyl sites for hydroxylation is 2. The lowest BCUT2D eigenvalue weighted by Crippen LogP contribution is -2.03. The van der Waals surface area contributed by atoms with Crippen LogP contribution in [0.1, 0.15) is 16.7 Å². The van der Waals surface area contributed by atoms with Gasteiger partial charge in [0, 0.05) is 23.9 Å². The Morgan fingerprint density at radius 3 is 2.45 bits per heavy atom. The van der Waals surface area contributed by atoms with Gasteiger partial charge in [0.25, 0.3) is 0 Å². The van der Waals surface area contributed by atoms with Crippen molar-refractivity contribution < 1.29 is 9.47 Å². The molecule has 0 amide bonds. The van der Waals surface area contributed by atoms with Crippen molar-refractivity contribution in [2.24, 2.45) is 0 Å². The average molecular weight is 271 g/mol. The van der Waals surface area contributed by atoms with Crippen LogP contribution in [0.15, 0.2) is 36.4 Å². The van der Waals surface area contributed by atoms with Crippen LogP contribution in [-0.2, 0) is 6.54 Å². The van der Waals surface area contributed by atoms with E-state index in [0.717, 1.165) is 29.3 Å². The number of nitrogens with one attached hydrogen (secondary N) is 1. The molecule has 3 heteroatoms. The summed E-state index contributed by atoms with van der Waals surface area (Å²) in [5.41, 5.74) is 4.75. The van der Waals surface area contributed by atoms with Crippen LogP contribution in [0, 0.1) is 13.8 Å². The van der Waals surface area contributed by atoms with E-state index in [1.807, 2.05) is 18.2 Å². The number of methoxy groups -OCH3 is 2. The van der Waals surface area contributed by atoms with E-state index in [4.69, 9.17) is 9.47 Å². The Morgan fingerprint density at radius 2 is 1.75 bits per heavy atom. The average Bonchev–Trinajstić information content (AvgIpc) is 2.48.